The Labute approximate surface area is 156 Å². The van der Waals surface area contributed by atoms with Crippen LogP contribution in [0.3, 0.4) is 0 Å². The van der Waals surface area contributed by atoms with E-state index in [4.69, 9.17) is 4.74 Å². The average molecular weight is 358 g/mol. The normalized spacial score (nSPS) is 11.5. The van der Waals surface area contributed by atoms with Crippen LogP contribution in [0.5, 0.6) is 5.75 Å². The van der Waals surface area contributed by atoms with Crippen molar-refractivity contribution >= 4 is 5.96 Å². The highest BCUT2D eigenvalue weighted by atomic mass is 16.5. The lowest BCUT2D eigenvalue weighted by Gasteiger charge is -2.13. The number of aliphatic imine (C=N–C) groups is 1. The van der Waals surface area contributed by atoms with Crippen LogP contribution in [-0.2, 0) is 13.0 Å². The van der Waals surface area contributed by atoms with Crippen LogP contribution in [0.15, 0.2) is 29.3 Å². The molecule has 0 atom stereocenters. The summed E-state index contributed by atoms with van der Waals surface area (Å²) >= 11 is 0. The fraction of sp³-hybridized carbons (Fsp3) is 0.500. The minimum Gasteiger partial charge on any atom is -0.496 e. The molecule has 26 heavy (non-hydrogen) atoms. The molecular weight excluding hydrogens is 326 g/mol. The molecule has 2 N–H and O–H groups in total. The van der Waals surface area contributed by atoms with E-state index in [1.807, 2.05) is 6.92 Å². The van der Waals surface area contributed by atoms with Crippen molar-refractivity contribution in [1.29, 1.82) is 0 Å². The Kier molecular flexibility index (Phi) is 7.51. The van der Waals surface area contributed by atoms with Crippen molar-refractivity contribution < 1.29 is 4.74 Å². The van der Waals surface area contributed by atoms with Crippen molar-refractivity contribution in [3.63, 3.8) is 0 Å². The standard InChI is InChI=1S/C20H31N5O/c1-15-7-8-18(14-19(15)26-5)9-11-23-20(21-4)22-10-6-12-25-17(3)13-16(2)24-25/h7-8,13-14H,6,9-12H2,1-5H3,(H2,21,22,23). The quantitative estimate of drug-likeness (QED) is 0.433. The fourth-order valence-electron chi connectivity index (χ4n) is 2.90. The molecule has 6 nitrogen and oxygen atoms in total. The summed E-state index contributed by atoms with van der Waals surface area (Å²) in [6.07, 6.45) is 1.92. The number of benzene rings is 1. The predicted molar refractivity (Wildman–Crippen MR) is 107 cm³/mol. The third-order valence-electron chi connectivity index (χ3n) is 4.34. The van der Waals surface area contributed by atoms with Crippen molar-refractivity contribution in [2.24, 2.45) is 4.99 Å². The molecule has 0 aliphatic rings. The Morgan fingerprint density at radius 2 is 1.92 bits per heavy atom. The number of rotatable bonds is 8. The van der Waals surface area contributed by atoms with Gasteiger partial charge in [-0.15, -0.1) is 0 Å². The number of guanidine groups is 1. The Morgan fingerprint density at radius 1 is 1.15 bits per heavy atom. The molecule has 0 saturated carbocycles. The van der Waals surface area contributed by atoms with E-state index in [0.717, 1.165) is 55.4 Å². The molecule has 0 saturated heterocycles. The number of hydrogen-bond donors (Lipinski definition) is 2. The van der Waals surface area contributed by atoms with Gasteiger partial charge in [0.2, 0.25) is 0 Å². The van der Waals surface area contributed by atoms with Gasteiger partial charge in [-0.05, 0) is 56.9 Å². The van der Waals surface area contributed by atoms with E-state index in [0.29, 0.717) is 0 Å². The number of aryl methyl sites for hydroxylation is 4. The van der Waals surface area contributed by atoms with E-state index in [9.17, 15) is 0 Å². The Hall–Kier alpha value is -2.50. The molecule has 0 radical (unpaired) electrons. The number of nitrogens with one attached hydrogen (secondary N) is 2. The van der Waals surface area contributed by atoms with E-state index in [1.54, 1.807) is 14.2 Å². The van der Waals surface area contributed by atoms with Crippen LogP contribution in [0.4, 0.5) is 0 Å². The fourth-order valence-corrected chi connectivity index (χ4v) is 2.90. The lowest BCUT2D eigenvalue weighted by atomic mass is 10.1. The molecule has 1 aromatic heterocycles. The van der Waals surface area contributed by atoms with Gasteiger partial charge in [-0.25, -0.2) is 0 Å². The largest absolute Gasteiger partial charge is 0.496 e. The summed E-state index contributed by atoms with van der Waals surface area (Å²) in [5.74, 6) is 1.77. The van der Waals surface area contributed by atoms with Gasteiger partial charge in [0.05, 0.1) is 12.8 Å². The average Bonchev–Trinajstić information content (AvgIpc) is 2.95. The highest BCUT2D eigenvalue weighted by Gasteiger charge is 2.03. The van der Waals surface area contributed by atoms with E-state index < -0.39 is 0 Å². The Bertz CT molecular complexity index is 736. The lowest BCUT2D eigenvalue weighted by Crippen LogP contribution is -2.39. The van der Waals surface area contributed by atoms with Gasteiger partial charge in [0, 0.05) is 32.4 Å². The van der Waals surface area contributed by atoms with Crippen molar-refractivity contribution in [3.8, 4) is 5.75 Å². The minimum absolute atomic E-state index is 0.823. The number of aromatic nitrogens is 2. The molecule has 0 amide bonds. The number of methoxy groups -OCH3 is 1. The molecule has 0 bridgehead atoms. The first kappa shape index (κ1) is 19.8. The summed E-state index contributed by atoms with van der Waals surface area (Å²) in [5.41, 5.74) is 4.68. The molecule has 6 heteroatoms. The first-order valence-electron chi connectivity index (χ1n) is 9.12. The molecule has 2 aromatic rings. The molecule has 1 heterocycles. The maximum Gasteiger partial charge on any atom is 0.190 e. The molecule has 2 rings (SSSR count). The molecule has 0 fully saturated rings. The SMILES string of the molecule is CN=C(NCCCn1nc(C)cc1C)NCCc1ccc(C)c(OC)c1. The molecule has 0 aliphatic heterocycles. The first-order chi connectivity index (χ1) is 12.5. The van der Waals surface area contributed by atoms with Gasteiger partial charge in [-0.3, -0.25) is 9.67 Å². The van der Waals surface area contributed by atoms with Crippen molar-refractivity contribution in [3.05, 3.63) is 46.8 Å². The molecular formula is C20H31N5O. The number of hydrogen-bond acceptors (Lipinski definition) is 3. The second-order valence-corrected chi connectivity index (χ2v) is 6.48. The Balaban J connectivity index is 1.70. The number of nitrogens with zero attached hydrogens (tertiary/aromatic N) is 3. The van der Waals surface area contributed by atoms with E-state index in [2.05, 4.69) is 63.5 Å². The van der Waals surface area contributed by atoms with Crippen LogP contribution in [0, 0.1) is 20.8 Å². The predicted octanol–water partition coefficient (Wildman–Crippen LogP) is 2.61. The van der Waals surface area contributed by atoms with Crippen LogP contribution in [0.25, 0.3) is 0 Å². The topological polar surface area (TPSA) is 63.5 Å². The van der Waals surface area contributed by atoms with Gasteiger partial charge in [-0.2, -0.15) is 5.10 Å². The second-order valence-electron chi connectivity index (χ2n) is 6.48. The van der Waals surface area contributed by atoms with Crippen LogP contribution < -0.4 is 15.4 Å². The van der Waals surface area contributed by atoms with Crippen molar-refractivity contribution in [2.75, 3.05) is 27.2 Å². The maximum absolute atomic E-state index is 5.38. The summed E-state index contributed by atoms with van der Waals surface area (Å²) in [7, 11) is 3.51. The minimum atomic E-state index is 0.823. The zero-order valence-corrected chi connectivity index (χ0v) is 16.6. The van der Waals surface area contributed by atoms with Gasteiger partial charge in [0.1, 0.15) is 5.75 Å². The molecule has 0 unspecified atom stereocenters. The first-order valence-corrected chi connectivity index (χ1v) is 9.12. The van der Waals surface area contributed by atoms with Gasteiger partial charge >= 0.3 is 0 Å². The number of ether oxygens (including phenoxy) is 1. The molecule has 142 valence electrons. The second kappa shape index (κ2) is 9.85. The van der Waals surface area contributed by atoms with E-state index in [-0.39, 0.29) is 0 Å². The molecule has 1 aromatic carbocycles. The van der Waals surface area contributed by atoms with Gasteiger partial charge in [-0.1, -0.05) is 12.1 Å². The monoisotopic (exact) mass is 357 g/mol. The van der Waals surface area contributed by atoms with Gasteiger partial charge < -0.3 is 15.4 Å². The van der Waals surface area contributed by atoms with Crippen LogP contribution in [0.2, 0.25) is 0 Å². The summed E-state index contributed by atoms with van der Waals surface area (Å²) < 4.78 is 7.44. The summed E-state index contributed by atoms with van der Waals surface area (Å²) in [6, 6.07) is 8.44. The van der Waals surface area contributed by atoms with Crippen LogP contribution in [0.1, 0.15) is 28.9 Å². The smallest absolute Gasteiger partial charge is 0.190 e. The van der Waals surface area contributed by atoms with Gasteiger partial charge in [0.25, 0.3) is 0 Å². The molecule has 0 spiro atoms. The van der Waals surface area contributed by atoms with E-state index >= 15 is 0 Å². The summed E-state index contributed by atoms with van der Waals surface area (Å²) in [4.78, 5) is 4.28. The van der Waals surface area contributed by atoms with Gasteiger partial charge in [0.15, 0.2) is 5.96 Å². The summed E-state index contributed by atoms with van der Waals surface area (Å²) in [5, 5.41) is 11.2. The molecule has 0 aliphatic carbocycles. The maximum atomic E-state index is 5.38. The summed E-state index contributed by atoms with van der Waals surface area (Å²) in [6.45, 7) is 8.76. The highest BCUT2D eigenvalue weighted by Crippen LogP contribution is 2.18. The Morgan fingerprint density at radius 3 is 2.58 bits per heavy atom. The van der Waals surface area contributed by atoms with Crippen LogP contribution >= 0.6 is 0 Å². The van der Waals surface area contributed by atoms with Crippen molar-refractivity contribution in [1.82, 2.24) is 20.4 Å². The zero-order chi connectivity index (χ0) is 18.9. The van der Waals surface area contributed by atoms with Crippen LogP contribution in [-0.4, -0.2) is 43.0 Å². The highest BCUT2D eigenvalue weighted by molar-refractivity contribution is 5.79. The lowest BCUT2D eigenvalue weighted by molar-refractivity contribution is 0.411. The zero-order valence-electron chi connectivity index (χ0n) is 16.6. The third kappa shape index (κ3) is 5.79. The third-order valence-corrected chi connectivity index (χ3v) is 4.34. The van der Waals surface area contributed by atoms with E-state index in [1.165, 1.54) is 11.3 Å². The van der Waals surface area contributed by atoms with Crippen molar-refractivity contribution in [2.45, 2.75) is 40.2 Å².